The van der Waals surface area contributed by atoms with Gasteiger partial charge in [-0.1, -0.05) is 22.2 Å². The van der Waals surface area contributed by atoms with E-state index in [1.54, 1.807) is 48.5 Å². The molecule has 60 heavy (non-hydrogen) atoms. The van der Waals surface area contributed by atoms with E-state index in [2.05, 4.69) is 50.5 Å². The molecule has 0 saturated carbocycles. The maximum atomic E-state index is 12.6. The second kappa shape index (κ2) is 21.3. The Balaban J connectivity index is 0.00000683. The van der Waals surface area contributed by atoms with Crippen LogP contribution in [-0.2, 0) is 55.1 Å². The fourth-order valence-corrected chi connectivity index (χ4v) is 6.21. The molecule has 6 rings (SSSR count). The minimum absolute atomic E-state index is 0. The van der Waals surface area contributed by atoms with E-state index in [0.717, 1.165) is 24.0 Å². The first-order valence-electron chi connectivity index (χ1n) is 16.7. The van der Waals surface area contributed by atoms with Gasteiger partial charge in [0.15, 0.2) is 11.5 Å². The number of carbonyl (C=O) groups is 2. The van der Waals surface area contributed by atoms with E-state index in [1.165, 1.54) is 63.8 Å². The predicted octanol–water partition coefficient (Wildman–Crippen LogP) is 11.0. The number of aromatic hydroxyl groups is 3. The Morgan fingerprint density at radius 3 is 1.88 bits per heavy atom. The predicted molar refractivity (Wildman–Crippen MR) is 211 cm³/mol. The third-order valence-electron chi connectivity index (χ3n) is 7.99. The van der Waals surface area contributed by atoms with Crippen molar-refractivity contribution in [2.24, 2.45) is 30.7 Å². The van der Waals surface area contributed by atoms with Crippen molar-refractivity contribution in [2.45, 2.75) is 9.79 Å². The van der Waals surface area contributed by atoms with Crippen molar-refractivity contribution in [1.82, 2.24) is 0 Å². The quantitative estimate of drug-likeness (QED) is 0.0155. The third kappa shape index (κ3) is 10.8. The Kier molecular flexibility index (Phi) is 16.0. The molecule has 0 saturated heterocycles. The number of fused-ring (bicyclic) bond motifs is 2. The number of methoxy groups -OCH3 is 2. The number of phenolic OH excluding ortho intramolecular Hbond substituents is 3. The standard InChI is InChI=1S/C38H30N6O13S2.Cu/c1-50-37(48)21-6-13-27-22(15-21)16-29(38(49)51-2)36(47)33(27)43-41-24-7-5-20-17-32(59-57-55-53-4)34(35(46)28(20)18-24)44-42-30-14-10-25(19-31(30)45)40-39-23-8-11-26(12-9-23)58-56-54-52-3;/h5-19,45-47H,1-4H3;. The SMILES string of the molecule is COOOSc1ccc(N=Nc2ccc(N=Nc3c(SOOOC)cc4ccc(N=Nc5c(O)c(C(=O)OC)cc6cc(C(=O)OC)ccc56)cc4c3O)c(O)c2)cc1.[Cu]. The molecule has 0 fully saturated rings. The Hall–Kier alpha value is -6.04. The van der Waals surface area contributed by atoms with Gasteiger partial charge in [-0.3, -0.25) is 0 Å². The molecule has 3 N–H and O–H groups in total. The summed E-state index contributed by atoms with van der Waals surface area (Å²) >= 11 is 1.61. The Morgan fingerprint density at radius 2 is 1.18 bits per heavy atom. The molecule has 0 heterocycles. The number of hydrogen-bond donors (Lipinski definition) is 3. The summed E-state index contributed by atoms with van der Waals surface area (Å²) in [7, 11) is 4.94. The molecule has 0 amide bonds. The minimum Gasteiger partial charge on any atom is -0.506 e. The van der Waals surface area contributed by atoms with E-state index in [-0.39, 0.29) is 72.7 Å². The fraction of sp³-hybridized carbons (Fsp3) is 0.105. The van der Waals surface area contributed by atoms with Crippen molar-refractivity contribution in [3.63, 3.8) is 0 Å². The number of rotatable bonds is 16. The number of ether oxygens (including phenoxy) is 2. The molecule has 0 aliphatic rings. The number of esters is 2. The molecule has 22 heteroatoms. The Labute approximate surface area is 358 Å². The Morgan fingerprint density at radius 1 is 0.550 bits per heavy atom. The maximum Gasteiger partial charge on any atom is 0.341 e. The second-order valence-corrected chi connectivity index (χ2v) is 13.1. The van der Waals surface area contributed by atoms with Crippen LogP contribution in [0.5, 0.6) is 17.2 Å². The maximum absolute atomic E-state index is 12.6. The van der Waals surface area contributed by atoms with Crippen LogP contribution in [0.2, 0.25) is 0 Å². The van der Waals surface area contributed by atoms with E-state index >= 15 is 0 Å². The number of nitrogens with zero attached hydrogens (tertiary/aromatic N) is 6. The van der Waals surface area contributed by atoms with E-state index in [9.17, 15) is 24.9 Å². The first-order valence-corrected chi connectivity index (χ1v) is 18.1. The number of azo groups is 3. The normalized spacial score (nSPS) is 11.5. The number of hydrogen-bond acceptors (Lipinski definition) is 21. The van der Waals surface area contributed by atoms with Crippen LogP contribution in [0.25, 0.3) is 21.5 Å². The van der Waals surface area contributed by atoms with Crippen molar-refractivity contribution in [3.05, 3.63) is 102 Å². The molecule has 0 aromatic heterocycles. The van der Waals surface area contributed by atoms with E-state index in [0.29, 0.717) is 39.6 Å². The molecule has 6 aromatic rings. The van der Waals surface area contributed by atoms with E-state index in [4.69, 9.17) is 18.1 Å². The van der Waals surface area contributed by atoms with Crippen LogP contribution in [-0.4, -0.2) is 55.7 Å². The van der Waals surface area contributed by atoms with Gasteiger partial charge in [-0.25, -0.2) is 19.4 Å². The van der Waals surface area contributed by atoms with Gasteiger partial charge in [-0.15, -0.1) is 24.0 Å². The minimum atomic E-state index is -0.843. The zero-order chi connectivity index (χ0) is 41.9. The summed E-state index contributed by atoms with van der Waals surface area (Å²) in [5, 5.41) is 69.0. The summed E-state index contributed by atoms with van der Waals surface area (Å²) in [5.74, 6) is -2.59. The third-order valence-corrected chi connectivity index (χ3v) is 9.20. The summed E-state index contributed by atoms with van der Waals surface area (Å²) in [6.07, 6.45) is 0. The van der Waals surface area contributed by atoms with Gasteiger partial charge in [-0.05, 0) is 83.6 Å². The van der Waals surface area contributed by atoms with Crippen molar-refractivity contribution in [1.29, 1.82) is 0 Å². The summed E-state index contributed by atoms with van der Waals surface area (Å²) in [5.41, 5.74) is 0.944. The molecular formula is C38H30CuN6O13S2. The van der Waals surface area contributed by atoms with Crippen molar-refractivity contribution in [2.75, 3.05) is 28.4 Å². The molecule has 0 unspecified atom stereocenters. The summed E-state index contributed by atoms with van der Waals surface area (Å²) in [6.45, 7) is 0. The van der Waals surface area contributed by atoms with Crippen LogP contribution >= 0.6 is 24.1 Å². The fourth-order valence-electron chi connectivity index (χ4n) is 5.25. The average molecular weight is 906 g/mol. The molecule has 313 valence electrons. The van der Waals surface area contributed by atoms with Crippen molar-refractivity contribution in [3.8, 4) is 17.2 Å². The molecule has 0 bridgehead atoms. The molecular weight excluding hydrogens is 876 g/mol. The van der Waals surface area contributed by atoms with Gasteiger partial charge in [0.1, 0.15) is 28.4 Å². The van der Waals surface area contributed by atoms with Crippen molar-refractivity contribution >= 4 is 91.7 Å². The first kappa shape index (κ1) is 45.1. The van der Waals surface area contributed by atoms with Gasteiger partial charge >= 0.3 is 11.9 Å². The molecule has 0 atom stereocenters. The molecule has 0 aliphatic carbocycles. The van der Waals surface area contributed by atoms with Crippen LogP contribution in [0.3, 0.4) is 0 Å². The monoisotopic (exact) mass is 905 g/mol. The van der Waals surface area contributed by atoms with Gasteiger partial charge in [0.2, 0.25) is 0 Å². The van der Waals surface area contributed by atoms with Gasteiger partial charge in [0.25, 0.3) is 0 Å². The van der Waals surface area contributed by atoms with Gasteiger partial charge in [0.05, 0.1) is 80.0 Å². The van der Waals surface area contributed by atoms with Crippen LogP contribution in [0.4, 0.5) is 34.1 Å². The summed E-state index contributed by atoms with van der Waals surface area (Å²) < 4.78 is 19.4. The zero-order valence-corrected chi connectivity index (χ0v) is 34.0. The van der Waals surface area contributed by atoms with E-state index in [1.807, 2.05) is 0 Å². The number of phenols is 3. The summed E-state index contributed by atoms with van der Waals surface area (Å²) in [6, 6.07) is 23.4. The molecule has 6 aromatic carbocycles. The van der Waals surface area contributed by atoms with Gasteiger partial charge in [0, 0.05) is 38.8 Å². The van der Waals surface area contributed by atoms with E-state index < -0.39 is 17.7 Å². The number of benzene rings is 6. The van der Waals surface area contributed by atoms with Crippen LogP contribution in [0, 0.1) is 0 Å². The topological polar surface area (TPSA) is 243 Å². The van der Waals surface area contributed by atoms with Gasteiger partial charge < -0.3 is 24.8 Å². The van der Waals surface area contributed by atoms with Crippen molar-refractivity contribution < 1.29 is 80.0 Å². The number of carbonyl (C=O) groups excluding carboxylic acids is 2. The molecule has 0 spiro atoms. The summed E-state index contributed by atoms with van der Waals surface area (Å²) in [4.78, 5) is 34.6. The smallest absolute Gasteiger partial charge is 0.341 e. The van der Waals surface area contributed by atoms with Crippen LogP contribution < -0.4 is 0 Å². The molecule has 0 aliphatic heterocycles. The Bertz CT molecular complexity index is 2620. The second-order valence-electron chi connectivity index (χ2n) is 11.6. The largest absolute Gasteiger partial charge is 0.506 e. The zero-order valence-electron chi connectivity index (χ0n) is 31.4. The molecule has 19 nitrogen and oxygen atoms in total. The van der Waals surface area contributed by atoms with Crippen LogP contribution in [0.1, 0.15) is 20.7 Å². The average Bonchev–Trinajstić information content (AvgIpc) is 3.25. The van der Waals surface area contributed by atoms with Crippen LogP contribution in [0.15, 0.2) is 131 Å². The van der Waals surface area contributed by atoms with Gasteiger partial charge in [-0.2, -0.15) is 15.3 Å². The molecule has 1 radical (unpaired) electrons. The first-order chi connectivity index (χ1) is 28.6.